The Balaban J connectivity index is 2.23. The molecule has 1 saturated carbocycles. The van der Waals surface area contributed by atoms with Gasteiger partial charge in [-0.3, -0.25) is 0 Å². The second kappa shape index (κ2) is 2.89. The van der Waals surface area contributed by atoms with Crippen molar-refractivity contribution in [1.29, 1.82) is 0 Å². The van der Waals surface area contributed by atoms with Crippen molar-refractivity contribution in [1.82, 2.24) is 4.98 Å². The van der Waals surface area contributed by atoms with Gasteiger partial charge in [0.15, 0.2) is 0 Å². The van der Waals surface area contributed by atoms with Crippen molar-refractivity contribution < 1.29 is 5.11 Å². The number of rotatable bonds is 2. The fourth-order valence-corrected chi connectivity index (χ4v) is 3.03. The Morgan fingerprint density at radius 3 is 2.69 bits per heavy atom. The molecule has 2 heteroatoms. The van der Waals surface area contributed by atoms with Gasteiger partial charge in [-0.1, -0.05) is 26.0 Å². The van der Waals surface area contributed by atoms with E-state index >= 15 is 0 Å². The standard InChI is InChI=1S/C14H17NO/c1-13(2)8-14(13,9-16)11-4-3-5-12-10(11)6-7-15-12/h3-7,15-16H,8-9H2,1-2H3. The van der Waals surface area contributed by atoms with Gasteiger partial charge in [0.2, 0.25) is 0 Å². The average Bonchev–Trinajstić information content (AvgIpc) is 2.65. The maximum absolute atomic E-state index is 9.73. The highest BCUT2D eigenvalue weighted by Gasteiger charge is 2.62. The molecule has 84 valence electrons. The maximum Gasteiger partial charge on any atom is 0.0533 e. The largest absolute Gasteiger partial charge is 0.395 e. The lowest BCUT2D eigenvalue weighted by Gasteiger charge is -2.19. The van der Waals surface area contributed by atoms with Gasteiger partial charge in [-0.25, -0.2) is 0 Å². The third-order valence-corrected chi connectivity index (χ3v) is 4.29. The highest BCUT2D eigenvalue weighted by Crippen LogP contribution is 2.64. The monoisotopic (exact) mass is 215 g/mol. The van der Waals surface area contributed by atoms with Crippen molar-refractivity contribution in [3.8, 4) is 0 Å². The molecule has 1 aliphatic carbocycles. The first-order valence-corrected chi connectivity index (χ1v) is 5.78. The molecule has 1 heterocycles. The Kier molecular flexibility index (Phi) is 1.79. The van der Waals surface area contributed by atoms with Gasteiger partial charge in [0, 0.05) is 22.5 Å². The number of fused-ring (bicyclic) bond motifs is 1. The third-order valence-electron chi connectivity index (χ3n) is 4.29. The lowest BCUT2D eigenvalue weighted by Crippen LogP contribution is -2.19. The first kappa shape index (κ1) is 9.91. The number of H-pyrrole nitrogens is 1. The summed E-state index contributed by atoms with van der Waals surface area (Å²) in [5.74, 6) is 0. The minimum atomic E-state index is -0.0330. The summed E-state index contributed by atoms with van der Waals surface area (Å²) in [7, 11) is 0. The van der Waals surface area contributed by atoms with Crippen molar-refractivity contribution in [3.63, 3.8) is 0 Å². The third kappa shape index (κ3) is 1.05. The number of aromatic amines is 1. The van der Waals surface area contributed by atoms with Crippen LogP contribution in [0, 0.1) is 5.41 Å². The van der Waals surface area contributed by atoms with E-state index in [9.17, 15) is 5.11 Å². The van der Waals surface area contributed by atoms with E-state index in [1.54, 1.807) is 0 Å². The molecule has 0 aliphatic heterocycles. The summed E-state index contributed by atoms with van der Waals surface area (Å²) in [5, 5.41) is 11.0. The fourth-order valence-electron chi connectivity index (χ4n) is 3.03. The van der Waals surface area contributed by atoms with Gasteiger partial charge < -0.3 is 10.1 Å². The first-order valence-electron chi connectivity index (χ1n) is 5.78. The van der Waals surface area contributed by atoms with Crippen LogP contribution in [0.5, 0.6) is 0 Å². The summed E-state index contributed by atoms with van der Waals surface area (Å²) in [5.41, 5.74) is 2.63. The van der Waals surface area contributed by atoms with Crippen LogP contribution in [-0.2, 0) is 5.41 Å². The van der Waals surface area contributed by atoms with E-state index in [4.69, 9.17) is 0 Å². The minimum Gasteiger partial charge on any atom is -0.395 e. The van der Waals surface area contributed by atoms with Gasteiger partial charge in [0.05, 0.1) is 6.61 Å². The Hall–Kier alpha value is -1.28. The van der Waals surface area contributed by atoms with Crippen LogP contribution >= 0.6 is 0 Å². The summed E-state index contributed by atoms with van der Waals surface area (Å²) >= 11 is 0. The van der Waals surface area contributed by atoms with Crippen molar-refractivity contribution in [2.75, 3.05) is 6.61 Å². The van der Waals surface area contributed by atoms with E-state index < -0.39 is 0 Å². The topological polar surface area (TPSA) is 36.0 Å². The van der Waals surface area contributed by atoms with Crippen molar-refractivity contribution in [3.05, 3.63) is 36.0 Å². The fraction of sp³-hybridized carbons (Fsp3) is 0.429. The van der Waals surface area contributed by atoms with Crippen LogP contribution < -0.4 is 0 Å². The van der Waals surface area contributed by atoms with Gasteiger partial charge in [0.1, 0.15) is 0 Å². The second-order valence-corrected chi connectivity index (χ2v) is 5.55. The van der Waals surface area contributed by atoms with Crippen LogP contribution in [0.3, 0.4) is 0 Å². The Labute approximate surface area is 95.3 Å². The number of aromatic nitrogens is 1. The summed E-state index contributed by atoms with van der Waals surface area (Å²) in [6.07, 6.45) is 3.04. The smallest absolute Gasteiger partial charge is 0.0533 e. The SMILES string of the molecule is CC1(C)CC1(CO)c1cccc2[nH]ccc12. The van der Waals surface area contributed by atoms with Crippen LogP contribution in [0.4, 0.5) is 0 Å². The molecule has 0 saturated heterocycles. The molecule has 1 aromatic carbocycles. The Bertz CT molecular complexity index is 540. The zero-order valence-corrected chi connectivity index (χ0v) is 9.75. The molecule has 1 fully saturated rings. The molecule has 16 heavy (non-hydrogen) atoms. The van der Waals surface area contributed by atoms with Gasteiger partial charge in [-0.05, 0) is 29.5 Å². The predicted molar refractivity (Wildman–Crippen MR) is 65.5 cm³/mol. The number of hydrogen-bond donors (Lipinski definition) is 2. The molecular weight excluding hydrogens is 198 g/mol. The van der Waals surface area contributed by atoms with E-state index in [0.717, 1.165) is 11.9 Å². The zero-order chi connectivity index (χ0) is 11.4. The summed E-state index contributed by atoms with van der Waals surface area (Å²) in [6.45, 7) is 4.70. The summed E-state index contributed by atoms with van der Waals surface area (Å²) < 4.78 is 0. The molecule has 3 rings (SSSR count). The Morgan fingerprint density at radius 2 is 2.06 bits per heavy atom. The van der Waals surface area contributed by atoms with Crippen molar-refractivity contribution in [2.24, 2.45) is 5.41 Å². The van der Waals surface area contributed by atoms with Crippen molar-refractivity contribution in [2.45, 2.75) is 25.7 Å². The molecular formula is C14H17NO. The second-order valence-electron chi connectivity index (χ2n) is 5.55. The van der Waals surface area contributed by atoms with Crippen molar-refractivity contribution >= 4 is 10.9 Å². The normalized spacial score (nSPS) is 27.2. The number of nitrogens with one attached hydrogen (secondary N) is 1. The van der Waals surface area contributed by atoms with Crippen LogP contribution in [0.1, 0.15) is 25.8 Å². The van der Waals surface area contributed by atoms with E-state index in [-0.39, 0.29) is 17.4 Å². The highest BCUT2D eigenvalue weighted by molar-refractivity contribution is 5.84. The van der Waals surface area contributed by atoms with Gasteiger partial charge >= 0.3 is 0 Å². The molecule has 1 aliphatic rings. The molecule has 2 aromatic rings. The van der Waals surface area contributed by atoms with Crippen LogP contribution in [0.2, 0.25) is 0 Å². The van der Waals surface area contributed by atoms with Gasteiger partial charge in [-0.15, -0.1) is 0 Å². The predicted octanol–water partition coefficient (Wildman–Crippen LogP) is 2.83. The number of aliphatic hydroxyl groups excluding tert-OH is 1. The molecule has 0 spiro atoms. The maximum atomic E-state index is 9.73. The van der Waals surface area contributed by atoms with E-state index in [1.165, 1.54) is 10.9 Å². The number of hydrogen-bond acceptors (Lipinski definition) is 1. The molecule has 0 radical (unpaired) electrons. The van der Waals surface area contributed by atoms with Crippen LogP contribution in [0.15, 0.2) is 30.5 Å². The van der Waals surface area contributed by atoms with E-state index in [0.29, 0.717) is 0 Å². The lowest BCUT2D eigenvalue weighted by atomic mass is 9.87. The summed E-state index contributed by atoms with van der Waals surface area (Å²) in [4.78, 5) is 3.23. The Morgan fingerprint density at radius 1 is 1.31 bits per heavy atom. The molecule has 0 amide bonds. The zero-order valence-electron chi connectivity index (χ0n) is 9.75. The molecule has 2 N–H and O–H groups in total. The highest BCUT2D eigenvalue weighted by atomic mass is 16.3. The molecule has 1 unspecified atom stereocenters. The van der Waals surface area contributed by atoms with E-state index in [2.05, 4.69) is 43.1 Å². The van der Waals surface area contributed by atoms with Crippen LogP contribution in [0.25, 0.3) is 10.9 Å². The van der Waals surface area contributed by atoms with Gasteiger partial charge in [-0.2, -0.15) is 0 Å². The number of benzene rings is 1. The quantitative estimate of drug-likeness (QED) is 0.794. The lowest BCUT2D eigenvalue weighted by molar-refractivity contribution is 0.232. The molecule has 2 nitrogen and oxygen atoms in total. The first-order chi connectivity index (χ1) is 7.61. The molecule has 0 bridgehead atoms. The van der Waals surface area contributed by atoms with Crippen LogP contribution in [-0.4, -0.2) is 16.7 Å². The molecule has 1 atom stereocenters. The average molecular weight is 215 g/mol. The molecule has 1 aromatic heterocycles. The summed E-state index contributed by atoms with van der Waals surface area (Å²) in [6, 6.07) is 8.41. The minimum absolute atomic E-state index is 0.0330. The van der Waals surface area contributed by atoms with Gasteiger partial charge in [0.25, 0.3) is 0 Å². The number of aliphatic hydroxyl groups is 1. The van der Waals surface area contributed by atoms with E-state index in [1.807, 2.05) is 6.20 Å².